The Morgan fingerprint density at radius 1 is 1.29 bits per heavy atom. The van der Waals surface area contributed by atoms with Gasteiger partial charge in [0.25, 0.3) is 0 Å². The lowest BCUT2D eigenvalue weighted by Gasteiger charge is -2.13. The quantitative estimate of drug-likeness (QED) is 0.639. The van der Waals surface area contributed by atoms with E-state index in [-0.39, 0.29) is 17.2 Å². The van der Waals surface area contributed by atoms with Crippen LogP contribution < -0.4 is 5.32 Å². The summed E-state index contributed by atoms with van der Waals surface area (Å²) in [5.74, 6) is -0.823. The largest absolute Gasteiger partial charge is 0.336 e. The molecule has 0 aliphatic heterocycles. The minimum atomic E-state index is -1.03. The van der Waals surface area contributed by atoms with Gasteiger partial charge in [0, 0.05) is 23.6 Å². The molecular formula is C21H19FN4OS. The van der Waals surface area contributed by atoms with Crippen molar-refractivity contribution in [3.05, 3.63) is 77.4 Å². The van der Waals surface area contributed by atoms with Gasteiger partial charge in [-0.2, -0.15) is 5.26 Å². The van der Waals surface area contributed by atoms with Gasteiger partial charge in [0.2, 0.25) is 5.91 Å². The molecule has 0 radical (unpaired) electrons. The average molecular weight is 394 g/mol. The first-order valence-corrected chi connectivity index (χ1v) is 9.64. The van der Waals surface area contributed by atoms with Crippen LogP contribution >= 0.6 is 11.8 Å². The lowest BCUT2D eigenvalue weighted by atomic mass is 10.1. The fraction of sp³-hybridized carbons (Fsp3) is 0.190. The molecule has 0 fully saturated rings. The summed E-state index contributed by atoms with van der Waals surface area (Å²) in [6.07, 6.45) is 3.52. The highest BCUT2D eigenvalue weighted by Crippen LogP contribution is 2.23. The highest BCUT2D eigenvalue weighted by molar-refractivity contribution is 7.99. The molecule has 0 saturated heterocycles. The van der Waals surface area contributed by atoms with Crippen molar-refractivity contribution in [3.8, 4) is 11.8 Å². The van der Waals surface area contributed by atoms with Crippen molar-refractivity contribution >= 4 is 17.7 Å². The predicted molar refractivity (Wildman–Crippen MR) is 107 cm³/mol. The van der Waals surface area contributed by atoms with Crippen LogP contribution in [0.3, 0.4) is 0 Å². The average Bonchev–Trinajstić information content (AvgIpc) is 3.13. The standard InChI is InChI=1S/C21H19FN4OS/c1-14-9-15(2)11-16(10-14)26-8-7-24-21(26)28-13-20(27)25-19(12-23)17-5-3-4-6-18(17)22/h3-11,19H,13H2,1-2H3,(H,25,27). The summed E-state index contributed by atoms with van der Waals surface area (Å²) in [6.45, 7) is 4.05. The van der Waals surface area contributed by atoms with Crippen LogP contribution in [0.4, 0.5) is 4.39 Å². The van der Waals surface area contributed by atoms with Crippen LogP contribution in [-0.4, -0.2) is 21.2 Å². The van der Waals surface area contributed by atoms with Gasteiger partial charge in [0.15, 0.2) is 5.16 Å². The number of benzene rings is 2. The Morgan fingerprint density at radius 3 is 2.68 bits per heavy atom. The van der Waals surface area contributed by atoms with Gasteiger partial charge < -0.3 is 5.32 Å². The zero-order chi connectivity index (χ0) is 20.1. The SMILES string of the molecule is Cc1cc(C)cc(-n2ccnc2SCC(=O)NC(C#N)c2ccccc2F)c1. The van der Waals surface area contributed by atoms with Crippen LogP contribution in [0.1, 0.15) is 22.7 Å². The molecular weight excluding hydrogens is 375 g/mol. The van der Waals surface area contributed by atoms with E-state index < -0.39 is 11.9 Å². The Labute approximate surface area is 167 Å². The van der Waals surface area contributed by atoms with Crippen molar-refractivity contribution in [2.45, 2.75) is 25.0 Å². The number of rotatable bonds is 6. The molecule has 1 amide bonds. The molecule has 3 aromatic rings. The number of carbonyl (C=O) groups excluding carboxylic acids is 1. The summed E-state index contributed by atoms with van der Waals surface area (Å²) in [5, 5.41) is 12.5. The van der Waals surface area contributed by atoms with Crippen molar-refractivity contribution in [1.29, 1.82) is 5.26 Å². The third-order valence-corrected chi connectivity index (χ3v) is 5.04. The number of carbonyl (C=O) groups is 1. The first-order valence-electron chi connectivity index (χ1n) is 8.66. The van der Waals surface area contributed by atoms with Gasteiger partial charge in [-0.1, -0.05) is 36.0 Å². The van der Waals surface area contributed by atoms with E-state index in [0.29, 0.717) is 5.16 Å². The first kappa shape index (κ1) is 19.6. The summed E-state index contributed by atoms with van der Waals surface area (Å²) >= 11 is 1.26. The molecule has 3 rings (SSSR count). The number of hydrogen-bond acceptors (Lipinski definition) is 4. The molecule has 5 nitrogen and oxygen atoms in total. The summed E-state index contributed by atoms with van der Waals surface area (Å²) in [4.78, 5) is 16.6. The normalized spacial score (nSPS) is 11.6. The molecule has 142 valence electrons. The van der Waals surface area contributed by atoms with E-state index >= 15 is 0 Å². The Hall–Kier alpha value is -3.11. The van der Waals surface area contributed by atoms with Crippen LogP contribution in [0.2, 0.25) is 0 Å². The summed E-state index contributed by atoms with van der Waals surface area (Å²) in [7, 11) is 0. The van der Waals surface area contributed by atoms with Crippen LogP contribution in [0.5, 0.6) is 0 Å². The van der Waals surface area contributed by atoms with E-state index in [2.05, 4.69) is 16.4 Å². The molecule has 0 aliphatic rings. The number of aromatic nitrogens is 2. The van der Waals surface area contributed by atoms with Crippen molar-refractivity contribution in [2.75, 3.05) is 5.75 Å². The van der Waals surface area contributed by atoms with Gasteiger partial charge in [-0.15, -0.1) is 0 Å². The molecule has 1 atom stereocenters. The first-order chi connectivity index (χ1) is 13.5. The highest BCUT2D eigenvalue weighted by Gasteiger charge is 2.18. The van der Waals surface area contributed by atoms with Crippen LogP contribution in [0.15, 0.2) is 60.0 Å². The Kier molecular flexibility index (Phi) is 6.12. The number of thioether (sulfide) groups is 1. The number of aryl methyl sites for hydroxylation is 2. The maximum Gasteiger partial charge on any atom is 0.231 e. The number of hydrogen-bond donors (Lipinski definition) is 1. The minimum absolute atomic E-state index is 0.0639. The van der Waals surface area contributed by atoms with Crippen molar-refractivity contribution in [2.24, 2.45) is 0 Å². The van der Waals surface area contributed by atoms with E-state index in [4.69, 9.17) is 0 Å². The van der Waals surface area contributed by atoms with E-state index in [1.165, 1.54) is 30.0 Å². The van der Waals surface area contributed by atoms with Gasteiger partial charge in [0.05, 0.1) is 11.8 Å². The van der Waals surface area contributed by atoms with Gasteiger partial charge >= 0.3 is 0 Å². The van der Waals surface area contributed by atoms with Crippen LogP contribution in [0, 0.1) is 31.0 Å². The predicted octanol–water partition coefficient (Wildman–Crippen LogP) is 4.10. The van der Waals surface area contributed by atoms with Crippen LogP contribution in [0.25, 0.3) is 5.69 Å². The van der Waals surface area contributed by atoms with Gasteiger partial charge in [0.1, 0.15) is 11.9 Å². The number of amides is 1. The number of nitrogens with one attached hydrogen (secondary N) is 1. The molecule has 28 heavy (non-hydrogen) atoms. The smallest absolute Gasteiger partial charge is 0.231 e. The monoisotopic (exact) mass is 394 g/mol. The molecule has 1 aromatic heterocycles. The summed E-state index contributed by atoms with van der Waals surface area (Å²) < 4.78 is 15.8. The van der Waals surface area contributed by atoms with Gasteiger partial charge in [-0.25, -0.2) is 9.37 Å². The molecule has 1 heterocycles. The topological polar surface area (TPSA) is 70.7 Å². The fourth-order valence-electron chi connectivity index (χ4n) is 2.90. The zero-order valence-corrected chi connectivity index (χ0v) is 16.3. The van der Waals surface area contributed by atoms with E-state index in [1.807, 2.05) is 42.8 Å². The highest BCUT2D eigenvalue weighted by atomic mass is 32.2. The van der Waals surface area contributed by atoms with Crippen molar-refractivity contribution in [3.63, 3.8) is 0 Å². The van der Waals surface area contributed by atoms with E-state index in [9.17, 15) is 14.4 Å². The van der Waals surface area contributed by atoms with E-state index in [0.717, 1.165) is 16.8 Å². The third kappa shape index (κ3) is 4.59. The van der Waals surface area contributed by atoms with Crippen molar-refractivity contribution < 1.29 is 9.18 Å². The summed E-state index contributed by atoms with van der Waals surface area (Å²) in [5.41, 5.74) is 3.40. The Bertz CT molecular complexity index is 1020. The van der Waals surface area contributed by atoms with Gasteiger partial charge in [-0.3, -0.25) is 9.36 Å². The maximum absolute atomic E-state index is 13.9. The van der Waals surface area contributed by atoms with Crippen LogP contribution in [-0.2, 0) is 4.79 Å². The zero-order valence-electron chi connectivity index (χ0n) is 15.5. The maximum atomic E-state index is 13.9. The van der Waals surface area contributed by atoms with Crippen molar-refractivity contribution in [1.82, 2.24) is 14.9 Å². The summed E-state index contributed by atoms with van der Waals surface area (Å²) in [6, 6.07) is 13.0. The number of nitrogens with zero attached hydrogens (tertiary/aromatic N) is 3. The second-order valence-electron chi connectivity index (χ2n) is 6.37. The molecule has 0 saturated carbocycles. The molecule has 0 spiro atoms. The minimum Gasteiger partial charge on any atom is -0.336 e. The second kappa shape index (κ2) is 8.72. The fourth-order valence-corrected chi connectivity index (χ4v) is 3.69. The molecule has 0 bridgehead atoms. The lowest BCUT2D eigenvalue weighted by Crippen LogP contribution is -2.29. The lowest BCUT2D eigenvalue weighted by molar-refractivity contribution is -0.118. The second-order valence-corrected chi connectivity index (χ2v) is 7.31. The van der Waals surface area contributed by atoms with Gasteiger partial charge in [-0.05, 0) is 43.2 Å². The third-order valence-electron chi connectivity index (χ3n) is 4.07. The molecule has 1 unspecified atom stereocenters. The molecule has 7 heteroatoms. The molecule has 1 N–H and O–H groups in total. The number of imidazole rings is 1. The Morgan fingerprint density at radius 2 is 2.00 bits per heavy atom. The number of nitriles is 1. The molecule has 0 aliphatic carbocycles. The van der Waals surface area contributed by atoms with E-state index in [1.54, 1.807) is 12.3 Å². The number of halogens is 1. The Balaban J connectivity index is 1.68. The molecule has 2 aromatic carbocycles.